The summed E-state index contributed by atoms with van der Waals surface area (Å²) in [6.07, 6.45) is 7.45. The molecule has 0 aliphatic heterocycles. The van der Waals surface area contributed by atoms with Gasteiger partial charge in [-0.05, 0) is 71.1 Å². The van der Waals surface area contributed by atoms with E-state index in [2.05, 4.69) is 80.6 Å². The Morgan fingerprint density at radius 3 is 1.32 bits per heavy atom. The molecule has 0 radical (unpaired) electrons. The van der Waals surface area contributed by atoms with Gasteiger partial charge in [0, 0.05) is 12.8 Å². The zero-order valence-electron chi connectivity index (χ0n) is 21.8. The minimum absolute atomic E-state index is 0.0777. The summed E-state index contributed by atoms with van der Waals surface area (Å²) in [5.41, 5.74) is 2.01. The predicted molar refractivity (Wildman–Crippen MR) is 136 cm³/mol. The van der Waals surface area contributed by atoms with Crippen molar-refractivity contribution >= 4 is 28.2 Å². The number of carbonyl (C=O) groups excluding carboxylic acids is 2. The van der Waals surface area contributed by atoms with Crippen molar-refractivity contribution in [1.82, 2.24) is 0 Å². The molecule has 0 aromatic rings. The number of hydrogen-bond acceptors (Lipinski definition) is 3. The second-order valence-electron chi connectivity index (χ2n) is 12.3. The number of rotatable bonds is 8. The second-order valence-corrected chi connectivity index (χ2v) is 21.9. The van der Waals surface area contributed by atoms with Crippen molar-refractivity contribution in [3.05, 3.63) is 23.3 Å². The molecule has 0 bridgehead atoms. The third-order valence-corrected chi connectivity index (χ3v) is 20.7. The van der Waals surface area contributed by atoms with Gasteiger partial charge < -0.3 is 4.12 Å². The van der Waals surface area contributed by atoms with Gasteiger partial charge in [0.1, 0.15) is 0 Å². The fraction of sp³-hybridized carbons (Fsp3) is 0.769. The van der Waals surface area contributed by atoms with E-state index in [-0.39, 0.29) is 10.1 Å². The number of ketones is 2. The molecule has 5 heteroatoms. The van der Waals surface area contributed by atoms with Crippen molar-refractivity contribution in [2.24, 2.45) is 11.8 Å². The van der Waals surface area contributed by atoms with E-state index in [1.54, 1.807) is 0 Å². The van der Waals surface area contributed by atoms with Gasteiger partial charge in [0.25, 0.3) is 0 Å². The Hall–Kier alpha value is -0.786. The normalized spacial score (nSPS) is 26.5. The van der Waals surface area contributed by atoms with Gasteiger partial charge in [0.05, 0.1) is 0 Å². The van der Waals surface area contributed by atoms with Crippen molar-refractivity contribution < 1.29 is 13.7 Å². The molecule has 0 amide bonds. The van der Waals surface area contributed by atoms with Crippen LogP contribution in [-0.4, -0.2) is 28.2 Å². The Kier molecular flexibility index (Phi) is 7.87. The van der Waals surface area contributed by atoms with Crippen LogP contribution in [0.4, 0.5) is 0 Å². The summed E-state index contributed by atoms with van der Waals surface area (Å²) >= 11 is 0. The molecule has 31 heavy (non-hydrogen) atoms. The molecule has 0 spiro atoms. The molecule has 0 aromatic heterocycles. The second kappa shape index (κ2) is 9.22. The number of carbonyl (C=O) groups is 2. The van der Waals surface area contributed by atoms with Crippen LogP contribution >= 0.6 is 0 Å². The quantitative estimate of drug-likeness (QED) is 0.349. The van der Waals surface area contributed by atoms with Crippen LogP contribution in [0.2, 0.25) is 35.3 Å². The lowest BCUT2D eigenvalue weighted by Gasteiger charge is -2.51. The molecule has 4 atom stereocenters. The largest absolute Gasteiger partial charge is 0.454 e. The Morgan fingerprint density at radius 1 is 0.774 bits per heavy atom. The molecule has 0 aromatic carbocycles. The first-order valence-corrected chi connectivity index (χ1v) is 17.5. The monoisotopic (exact) mass is 462 g/mol. The van der Waals surface area contributed by atoms with Gasteiger partial charge in [-0.25, -0.2) is 0 Å². The minimum atomic E-state index is -2.19. The van der Waals surface area contributed by atoms with E-state index in [9.17, 15) is 9.59 Å². The summed E-state index contributed by atoms with van der Waals surface area (Å²) in [4.78, 5) is 24.8. The molecular formula is C26H46O3Si2. The van der Waals surface area contributed by atoms with Crippen LogP contribution in [0, 0.1) is 11.8 Å². The molecule has 0 N–H and O–H groups in total. The standard InChI is InChI=1S/C26H46O3Si2/c1-11-21-13-19(15-23(21)27)17-30(9,25(3,4)5)29-31(10,26(6,7)8)18-20-14-22(12-2)24(28)16-20/h13-14,19-20H,11-12,15-18H2,1-10H3. The molecule has 2 aliphatic carbocycles. The smallest absolute Gasteiger partial charge is 0.182 e. The molecule has 2 aliphatic rings. The van der Waals surface area contributed by atoms with E-state index >= 15 is 0 Å². The van der Waals surface area contributed by atoms with Gasteiger partial charge >= 0.3 is 0 Å². The average molecular weight is 463 g/mol. The first-order valence-electron chi connectivity index (χ1n) is 12.2. The SMILES string of the molecule is CCC1=CC(C[Si](C)(O[Si](C)(CC2C=C(CC)C(=O)C2)C(C)(C)C)C(C)(C)C)CC1=O. The maximum atomic E-state index is 12.4. The summed E-state index contributed by atoms with van der Waals surface area (Å²) in [6.45, 7) is 22.9. The Bertz CT molecular complexity index is 705. The van der Waals surface area contributed by atoms with Crippen molar-refractivity contribution in [2.45, 2.75) is 116 Å². The fourth-order valence-corrected chi connectivity index (χ4v) is 15.8. The van der Waals surface area contributed by atoms with Crippen LogP contribution in [0.3, 0.4) is 0 Å². The lowest BCUT2D eigenvalue weighted by molar-refractivity contribution is -0.116. The van der Waals surface area contributed by atoms with E-state index in [1.165, 1.54) is 0 Å². The van der Waals surface area contributed by atoms with E-state index in [4.69, 9.17) is 4.12 Å². The molecule has 4 unspecified atom stereocenters. The van der Waals surface area contributed by atoms with E-state index < -0.39 is 16.6 Å². The molecule has 0 saturated heterocycles. The maximum absolute atomic E-state index is 12.4. The molecule has 0 fully saturated rings. The Morgan fingerprint density at radius 2 is 1.10 bits per heavy atom. The van der Waals surface area contributed by atoms with Gasteiger partial charge in [-0.15, -0.1) is 0 Å². The Labute approximate surface area is 193 Å². The predicted octanol–water partition coefficient (Wildman–Crippen LogP) is 7.60. The van der Waals surface area contributed by atoms with Crippen LogP contribution in [0.1, 0.15) is 81.1 Å². The summed E-state index contributed by atoms with van der Waals surface area (Å²) in [7, 11) is -4.38. The zero-order valence-corrected chi connectivity index (χ0v) is 23.8. The molecule has 3 nitrogen and oxygen atoms in total. The topological polar surface area (TPSA) is 43.4 Å². The highest BCUT2D eigenvalue weighted by atomic mass is 28.4. The average Bonchev–Trinajstić information content (AvgIpc) is 3.13. The van der Waals surface area contributed by atoms with Gasteiger partial charge in [-0.1, -0.05) is 67.5 Å². The third-order valence-electron chi connectivity index (χ3n) is 8.17. The first-order chi connectivity index (χ1) is 14.0. The van der Waals surface area contributed by atoms with Gasteiger partial charge in [0.15, 0.2) is 28.2 Å². The number of hydrogen-bond donors (Lipinski definition) is 0. The molecule has 0 heterocycles. The third kappa shape index (κ3) is 5.77. The highest BCUT2D eigenvalue weighted by Gasteiger charge is 2.53. The van der Waals surface area contributed by atoms with Crippen LogP contribution < -0.4 is 0 Å². The molecule has 0 saturated carbocycles. The summed E-state index contributed by atoms with van der Waals surface area (Å²) < 4.78 is 7.48. The van der Waals surface area contributed by atoms with E-state index in [1.807, 2.05) is 0 Å². The van der Waals surface area contributed by atoms with Crippen molar-refractivity contribution in [1.29, 1.82) is 0 Å². The molecular weight excluding hydrogens is 416 g/mol. The van der Waals surface area contributed by atoms with Gasteiger partial charge in [0.2, 0.25) is 0 Å². The minimum Gasteiger partial charge on any atom is -0.454 e. The summed E-state index contributed by atoms with van der Waals surface area (Å²) in [5, 5.41) is 0.155. The highest BCUT2D eigenvalue weighted by Crippen LogP contribution is 2.51. The van der Waals surface area contributed by atoms with Crippen molar-refractivity contribution in [2.75, 3.05) is 0 Å². The van der Waals surface area contributed by atoms with Crippen LogP contribution in [-0.2, 0) is 13.7 Å². The lowest BCUT2D eigenvalue weighted by atomic mass is 10.1. The first kappa shape index (κ1) is 26.5. The van der Waals surface area contributed by atoms with Crippen molar-refractivity contribution in [3.8, 4) is 0 Å². The van der Waals surface area contributed by atoms with Crippen molar-refractivity contribution in [3.63, 3.8) is 0 Å². The Balaban J connectivity index is 2.34. The summed E-state index contributed by atoms with van der Waals surface area (Å²) in [5.74, 6) is 1.29. The van der Waals surface area contributed by atoms with Crippen LogP contribution in [0.15, 0.2) is 23.3 Å². The van der Waals surface area contributed by atoms with E-state index in [0.29, 0.717) is 36.2 Å². The fourth-order valence-electron chi connectivity index (χ4n) is 5.00. The lowest BCUT2D eigenvalue weighted by Crippen LogP contribution is -2.58. The van der Waals surface area contributed by atoms with Crippen LogP contribution in [0.25, 0.3) is 0 Å². The maximum Gasteiger partial charge on any atom is 0.182 e. The van der Waals surface area contributed by atoms with Crippen LogP contribution in [0.5, 0.6) is 0 Å². The molecule has 2 rings (SSSR count). The van der Waals surface area contributed by atoms with Gasteiger partial charge in [-0.3, -0.25) is 9.59 Å². The van der Waals surface area contributed by atoms with Gasteiger partial charge in [-0.2, -0.15) is 0 Å². The number of allylic oxidation sites excluding steroid dienone is 4. The number of Topliss-reactive ketones (excluding diaryl/α,β-unsaturated/α-hetero) is 2. The van der Waals surface area contributed by atoms with E-state index in [0.717, 1.165) is 36.1 Å². The molecule has 176 valence electrons. The summed E-state index contributed by atoms with van der Waals surface area (Å²) in [6, 6.07) is 2.01. The highest BCUT2D eigenvalue weighted by molar-refractivity contribution is 6.88. The zero-order chi connectivity index (χ0) is 23.8.